The van der Waals surface area contributed by atoms with Crippen molar-refractivity contribution in [2.24, 2.45) is 0 Å². The molecule has 0 bridgehead atoms. The number of carbonyl (C=O) groups excluding carboxylic acids is 1. The molecule has 22 heavy (non-hydrogen) atoms. The summed E-state index contributed by atoms with van der Waals surface area (Å²) in [4.78, 5) is 16.3. The first kappa shape index (κ1) is 14.1. The molecule has 0 unspecified atom stereocenters. The van der Waals surface area contributed by atoms with Crippen molar-refractivity contribution >= 4 is 16.8 Å². The highest BCUT2D eigenvalue weighted by atomic mass is 19.1. The van der Waals surface area contributed by atoms with Crippen LogP contribution in [0.4, 0.5) is 8.78 Å². The van der Waals surface area contributed by atoms with E-state index in [0.717, 1.165) is 23.0 Å². The van der Waals surface area contributed by atoms with Gasteiger partial charge in [0.2, 0.25) is 0 Å². The van der Waals surface area contributed by atoms with E-state index in [-0.39, 0.29) is 18.0 Å². The second kappa shape index (κ2) is 5.89. The van der Waals surface area contributed by atoms with E-state index in [0.29, 0.717) is 5.56 Å². The summed E-state index contributed by atoms with van der Waals surface area (Å²) < 4.78 is 26.3. The molecule has 1 amide bonds. The maximum atomic E-state index is 13.5. The number of pyridine rings is 1. The Balaban J connectivity index is 1.75. The Morgan fingerprint density at radius 1 is 1.09 bits per heavy atom. The highest BCUT2D eigenvalue weighted by Crippen LogP contribution is 2.14. The van der Waals surface area contributed by atoms with Gasteiger partial charge in [-0.25, -0.2) is 8.78 Å². The number of amides is 1. The molecule has 0 atom stereocenters. The van der Waals surface area contributed by atoms with Gasteiger partial charge in [-0.1, -0.05) is 12.1 Å². The molecule has 0 radical (unpaired) electrons. The van der Waals surface area contributed by atoms with Crippen molar-refractivity contribution in [1.29, 1.82) is 0 Å². The van der Waals surface area contributed by atoms with Crippen LogP contribution in [-0.4, -0.2) is 10.9 Å². The molecule has 0 saturated carbocycles. The number of nitrogens with zero attached hydrogens (tertiary/aromatic N) is 1. The fourth-order valence-corrected chi connectivity index (χ4v) is 2.16. The molecule has 110 valence electrons. The molecule has 1 N–H and O–H groups in total. The lowest BCUT2D eigenvalue weighted by Gasteiger charge is -2.07. The van der Waals surface area contributed by atoms with Crippen LogP contribution in [0.5, 0.6) is 0 Å². The third-order valence-corrected chi connectivity index (χ3v) is 3.32. The first-order valence-electron chi connectivity index (χ1n) is 6.70. The van der Waals surface area contributed by atoms with Gasteiger partial charge in [0.05, 0.1) is 5.52 Å². The van der Waals surface area contributed by atoms with Gasteiger partial charge in [-0.2, -0.15) is 0 Å². The second-order valence-corrected chi connectivity index (χ2v) is 4.83. The zero-order valence-electron chi connectivity index (χ0n) is 11.5. The Labute approximate surface area is 125 Å². The number of halogens is 2. The number of hydrogen-bond donors (Lipinski definition) is 1. The lowest BCUT2D eigenvalue weighted by Crippen LogP contribution is -2.23. The van der Waals surface area contributed by atoms with Crippen LogP contribution >= 0.6 is 0 Å². The zero-order valence-corrected chi connectivity index (χ0v) is 11.5. The number of aromatic nitrogens is 1. The highest BCUT2D eigenvalue weighted by molar-refractivity contribution is 5.97. The van der Waals surface area contributed by atoms with Crippen molar-refractivity contribution in [3.05, 3.63) is 77.5 Å². The summed E-state index contributed by atoms with van der Waals surface area (Å²) in [5.41, 5.74) is 1.49. The summed E-state index contributed by atoms with van der Waals surface area (Å²) in [5, 5.41) is 3.47. The van der Waals surface area contributed by atoms with Crippen molar-refractivity contribution in [3.63, 3.8) is 0 Å². The van der Waals surface area contributed by atoms with Crippen LogP contribution in [0.15, 0.2) is 54.7 Å². The molecule has 0 aliphatic carbocycles. The Morgan fingerprint density at radius 3 is 2.77 bits per heavy atom. The predicted molar refractivity (Wildman–Crippen MR) is 79.3 cm³/mol. The van der Waals surface area contributed by atoms with E-state index < -0.39 is 11.6 Å². The minimum absolute atomic E-state index is 0.00394. The third-order valence-electron chi connectivity index (χ3n) is 3.32. The van der Waals surface area contributed by atoms with E-state index >= 15 is 0 Å². The summed E-state index contributed by atoms with van der Waals surface area (Å²) in [5.74, 6) is -1.65. The molecule has 0 saturated heterocycles. The predicted octanol–water partition coefficient (Wildman–Crippen LogP) is 3.44. The minimum Gasteiger partial charge on any atom is -0.348 e. The van der Waals surface area contributed by atoms with Gasteiger partial charge < -0.3 is 5.32 Å². The van der Waals surface area contributed by atoms with Gasteiger partial charge in [0.1, 0.15) is 11.6 Å². The number of carbonyl (C=O) groups is 1. The monoisotopic (exact) mass is 298 g/mol. The van der Waals surface area contributed by atoms with Crippen molar-refractivity contribution in [2.75, 3.05) is 0 Å². The van der Waals surface area contributed by atoms with Crippen molar-refractivity contribution < 1.29 is 13.6 Å². The summed E-state index contributed by atoms with van der Waals surface area (Å²) in [6.07, 6.45) is 1.68. The van der Waals surface area contributed by atoms with Crippen LogP contribution in [0.1, 0.15) is 15.9 Å². The molecular weight excluding hydrogens is 286 g/mol. The fraction of sp³-hybridized carbons (Fsp3) is 0.0588. The van der Waals surface area contributed by atoms with E-state index in [4.69, 9.17) is 0 Å². The number of rotatable bonds is 3. The molecular formula is C17H12F2N2O. The van der Waals surface area contributed by atoms with E-state index in [2.05, 4.69) is 10.3 Å². The minimum atomic E-state index is -0.678. The molecule has 1 heterocycles. The molecule has 2 aromatic carbocycles. The topological polar surface area (TPSA) is 42.0 Å². The van der Waals surface area contributed by atoms with Crippen LogP contribution in [0.2, 0.25) is 0 Å². The maximum absolute atomic E-state index is 13.5. The molecule has 3 aromatic rings. The first-order valence-corrected chi connectivity index (χ1v) is 6.70. The van der Waals surface area contributed by atoms with Gasteiger partial charge in [0.15, 0.2) is 0 Å². The van der Waals surface area contributed by atoms with Crippen LogP contribution in [0, 0.1) is 11.6 Å². The Hall–Kier alpha value is -2.82. The average Bonchev–Trinajstić information content (AvgIpc) is 2.53. The largest absolute Gasteiger partial charge is 0.348 e. The summed E-state index contributed by atoms with van der Waals surface area (Å²) >= 11 is 0. The van der Waals surface area contributed by atoms with Crippen LogP contribution < -0.4 is 5.32 Å². The maximum Gasteiger partial charge on any atom is 0.251 e. The number of benzene rings is 2. The van der Waals surface area contributed by atoms with Crippen molar-refractivity contribution in [3.8, 4) is 0 Å². The summed E-state index contributed by atoms with van der Waals surface area (Å²) in [7, 11) is 0. The lowest BCUT2D eigenvalue weighted by atomic mass is 10.1. The smallest absolute Gasteiger partial charge is 0.251 e. The molecule has 3 nitrogen and oxygen atoms in total. The first-order chi connectivity index (χ1) is 10.6. The summed E-state index contributed by atoms with van der Waals surface area (Å²) in [6, 6.07) is 12.1. The SMILES string of the molecule is O=C(NCc1ccc(F)cc1F)c1ccc2ncccc2c1. The van der Waals surface area contributed by atoms with Gasteiger partial charge in [-0.15, -0.1) is 0 Å². The van der Waals surface area contributed by atoms with Crippen LogP contribution in [0.25, 0.3) is 10.9 Å². The zero-order chi connectivity index (χ0) is 15.5. The third kappa shape index (κ3) is 2.93. The molecule has 0 aliphatic heterocycles. The van der Waals surface area contributed by atoms with Gasteiger partial charge >= 0.3 is 0 Å². The normalized spacial score (nSPS) is 10.6. The van der Waals surface area contributed by atoms with Crippen molar-refractivity contribution in [1.82, 2.24) is 10.3 Å². The fourth-order valence-electron chi connectivity index (χ4n) is 2.16. The van der Waals surface area contributed by atoms with Gasteiger partial charge in [0.25, 0.3) is 5.91 Å². The standard InChI is InChI=1S/C17H12F2N2O/c18-14-5-3-13(15(19)9-14)10-21-17(22)12-4-6-16-11(8-12)2-1-7-20-16/h1-9H,10H2,(H,21,22). The van der Waals surface area contributed by atoms with Gasteiger partial charge in [-0.05, 0) is 30.3 Å². The van der Waals surface area contributed by atoms with E-state index in [9.17, 15) is 13.6 Å². The Bertz CT molecular complexity index is 849. The molecule has 0 spiro atoms. The second-order valence-electron chi connectivity index (χ2n) is 4.83. The number of hydrogen-bond acceptors (Lipinski definition) is 2. The molecule has 1 aromatic heterocycles. The highest BCUT2D eigenvalue weighted by Gasteiger charge is 2.09. The molecule has 5 heteroatoms. The van der Waals surface area contributed by atoms with E-state index in [1.807, 2.05) is 6.07 Å². The number of fused-ring (bicyclic) bond motifs is 1. The Morgan fingerprint density at radius 2 is 1.95 bits per heavy atom. The van der Waals surface area contributed by atoms with Crippen molar-refractivity contribution in [2.45, 2.75) is 6.54 Å². The summed E-state index contributed by atoms with van der Waals surface area (Å²) in [6.45, 7) is -0.00394. The van der Waals surface area contributed by atoms with E-state index in [1.165, 1.54) is 6.07 Å². The van der Waals surface area contributed by atoms with E-state index in [1.54, 1.807) is 30.5 Å². The van der Waals surface area contributed by atoms with Crippen LogP contribution in [0.3, 0.4) is 0 Å². The van der Waals surface area contributed by atoms with Gasteiger partial charge in [0, 0.05) is 35.3 Å². The quantitative estimate of drug-likeness (QED) is 0.805. The lowest BCUT2D eigenvalue weighted by molar-refractivity contribution is 0.0950. The number of nitrogens with one attached hydrogen (secondary N) is 1. The molecule has 3 rings (SSSR count). The van der Waals surface area contributed by atoms with Crippen LogP contribution in [-0.2, 0) is 6.54 Å². The van der Waals surface area contributed by atoms with Gasteiger partial charge in [-0.3, -0.25) is 9.78 Å². The average molecular weight is 298 g/mol. The molecule has 0 fully saturated rings. The Kier molecular flexibility index (Phi) is 3.78. The molecule has 0 aliphatic rings.